The summed E-state index contributed by atoms with van der Waals surface area (Å²) in [7, 11) is 0. The molecule has 2 N–H and O–H groups in total. The minimum absolute atomic E-state index is 0.225. The Morgan fingerprint density at radius 2 is 2.08 bits per heavy atom. The van der Waals surface area contributed by atoms with Crippen LogP contribution in [0.2, 0.25) is 0 Å². The normalized spacial score (nSPS) is 11.2. The number of hydrogen-bond donors (Lipinski definition) is 1. The van der Waals surface area contributed by atoms with Crippen molar-refractivity contribution in [2.24, 2.45) is 0 Å². The Bertz CT molecular complexity index is 265. The van der Waals surface area contributed by atoms with Gasteiger partial charge in [0, 0.05) is 6.20 Å². The molecule has 1 aromatic rings. The number of anilines is 1. The van der Waals surface area contributed by atoms with Crippen LogP contribution in [0.3, 0.4) is 0 Å². The first-order valence-corrected chi connectivity index (χ1v) is 3.88. The monoisotopic (exact) mass is 166 g/mol. The summed E-state index contributed by atoms with van der Waals surface area (Å²) in [6.45, 7) is 5.92. The van der Waals surface area contributed by atoms with Gasteiger partial charge in [-0.3, -0.25) is 0 Å². The van der Waals surface area contributed by atoms with Crippen LogP contribution in [-0.4, -0.2) is 10.6 Å². The molecule has 0 radical (unpaired) electrons. The molecule has 0 saturated heterocycles. The van der Waals surface area contributed by atoms with Crippen LogP contribution in [-0.2, 0) is 0 Å². The van der Waals surface area contributed by atoms with Gasteiger partial charge in [0.1, 0.15) is 5.60 Å². The van der Waals surface area contributed by atoms with Gasteiger partial charge in [0.25, 0.3) is 0 Å². The smallest absolute Gasteiger partial charge is 0.166 e. The molecule has 0 aliphatic carbocycles. The van der Waals surface area contributed by atoms with Crippen molar-refractivity contribution >= 4 is 5.82 Å². The lowest BCUT2D eigenvalue weighted by atomic mass is 10.2. The summed E-state index contributed by atoms with van der Waals surface area (Å²) in [6.07, 6.45) is 1.64. The molecule has 0 atom stereocenters. The van der Waals surface area contributed by atoms with E-state index >= 15 is 0 Å². The molecule has 0 spiro atoms. The number of aromatic nitrogens is 1. The SMILES string of the molecule is CC(C)(C)Oc1cccnc1N. The summed E-state index contributed by atoms with van der Waals surface area (Å²) >= 11 is 0. The first kappa shape index (κ1) is 8.84. The number of nitrogens with zero attached hydrogens (tertiary/aromatic N) is 1. The molecule has 1 rings (SSSR count). The van der Waals surface area contributed by atoms with E-state index in [1.54, 1.807) is 12.3 Å². The Balaban J connectivity index is 2.83. The molecule has 3 heteroatoms. The summed E-state index contributed by atoms with van der Waals surface area (Å²) in [4.78, 5) is 3.92. The lowest BCUT2D eigenvalue weighted by Crippen LogP contribution is -2.23. The van der Waals surface area contributed by atoms with E-state index in [4.69, 9.17) is 10.5 Å². The lowest BCUT2D eigenvalue weighted by Gasteiger charge is -2.21. The van der Waals surface area contributed by atoms with Gasteiger partial charge >= 0.3 is 0 Å². The Labute approximate surface area is 72.6 Å². The van der Waals surface area contributed by atoms with E-state index in [0.717, 1.165) is 0 Å². The van der Waals surface area contributed by atoms with E-state index < -0.39 is 0 Å². The molecular formula is C9H14N2O. The second-order valence-corrected chi connectivity index (χ2v) is 3.60. The maximum Gasteiger partial charge on any atom is 0.166 e. The van der Waals surface area contributed by atoms with Gasteiger partial charge in [0.15, 0.2) is 11.6 Å². The average Bonchev–Trinajstić information content (AvgIpc) is 1.91. The van der Waals surface area contributed by atoms with Gasteiger partial charge in [-0.15, -0.1) is 0 Å². The van der Waals surface area contributed by atoms with Crippen LogP contribution in [0.5, 0.6) is 5.75 Å². The van der Waals surface area contributed by atoms with Crippen molar-refractivity contribution in [3.8, 4) is 5.75 Å². The van der Waals surface area contributed by atoms with Crippen LogP contribution in [0, 0.1) is 0 Å². The highest BCUT2D eigenvalue weighted by Gasteiger charge is 2.13. The van der Waals surface area contributed by atoms with Crippen molar-refractivity contribution in [2.45, 2.75) is 26.4 Å². The molecule has 0 bridgehead atoms. The average molecular weight is 166 g/mol. The molecule has 1 heterocycles. The Morgan fingerprint density at radius 1 is 1.42 bits per heavy atom. The zero-order valence-electron chi connectivity index (χ0n) is 7.66. The fourth-order valence-electron chi connectivity index (χ4n) is 0.819. The molecule has 0 amide bonds. The molecule has 0 aliphatic heterocycles. The largest absolute Gasteiger partial charge is 0.484 e. The van der Waals surface area contributed by atoms with Gasteiger partial charge in [-0.05, 0) is 32.9 Å². The molecule has 0 saturated carbocycles. The molecule has 12 heavy (non-hydrogen) atoms. The van der Waals surface area contributed by atoms with Gasteiger partial charge in [-0.25, -0.2) is 4.98 Å². The predicted molar refractivity (Wildman–Crippen MR) is 49.0 cm³/mol. The molecule has 3 nitrogen and oxygen atoms in total. The van der Waals surface area contributed by atoms with Crippen molar-refractivity contribution in [3.63, 3.8) is 0 Å². The van der Waals surface area contributed by atoms with E-state index in [-0.39, 0.29) is 5.60 Å². The van der Waals surface area contributed by atoms with Gasteiger partial charge in [0.05, 0.1) is 0 Å². The second kappa shape index (κ2) is 3.01. The maximum atomic E-state index is 5.59. The molecule has 0 unspecified atom stereocenters. The zero-order valence-corrected chi connectivity index (χ0v) is 7.66. The highest BCUT2D eigenvalue weighted by atomic mass is 16.5. The minimum Gasteiger partial charge on any atom is -0.484 e. The van der Waals surface area contributed by atoms with Crippen molar-refractivity contribution < 1.29 is 4.74 Å². The topological polar surface area (TPSA) is 48.1 Å². The van der Waals surface area contributed by atoms with E-state index in [2.05, 4.69) is 4.98 Å². The van der Waals surface area contributed by atoms with E-state index in [0.29, 0.717) is 11.6 Å². The second-order valence-electron chi connectivity index (χ2n) is 3.60. The quantitative estimate of drug-likeness (QED) is 0.692. The van der Waals surface area contributed by atoms with E-state index in [9.17, 15) is 0 Å². The molecule has 1 aromatic heterocycles. The zero-order chi connectivity index (χ0) is 9.19. The molecule has 0 aromatic carbocycles. The number of hydrogen-bond acceptors (Lipinski definition) is 3. The van der Waals surface area contributed by atoms with Gasteiger partial charge in [0.2, 0.25) is 0 Å². The standard InChI is InChI=1S/C9H14N2O/c1-9(2,3)12-7-5-4-6-11-8(7)10/h4-6H,1-3H3,(H2,10,11). The Kier molecular flexibility index (Phi) is 2.22. The van der Waals surface area contributed by atoms with E-state index in [1.807, 2.05) is 26.8 Å². The summed E-state index contributed by atoms with van der Waals surface area (Å²) in [5, 5.41) is 0. The highest BCUT2D eigenvalue weighted by Crippen LogP contribution is 2.22. The van der Waals surface area contributed by atoms with E-state index in [1.165, 1.54) is 0 Å². The van der Waals surface area contributed by atoms with Crippen molar-refractivity contribution in [1.29, 1.82) is 0 Å². The lowest BCUT2D eigenvalue weighted by molar-refractivity contribution is 0.131. The van der Waals surface area contributed by atoms with Crippen LogP contribution < -0.4 is 10.5 Å². The predicted octanol–water partition coefficient (Wildman–Crippen LogP) is 1.84. The maximum absolute atomic E-state index is 5.59. The van der Waals surface area contributed by atoms with Crippen molar-refractivity contribution in [1.82, 2.24) is 4.98 Å². The van der Waals surface area contributed by atoms with Crippen LogP contribution in [0.1, 0.15) is 20.8 Å². The fourth-order valence-corrected chi connectivity index (χ4v) is 0.819. The summed E-state index contributed by atoms with van der Waals surface area (Å²) < 4.78 is 5.54. The summed E-state index contributed by atoms with van der Waals surface area (Å²) in [5.41, 5.74) is 5.37. The number of nitrogens with two attached hydrogens (primary N) is 1. The molecular weight excluding hydrogens is 152 g/mol. The molecule has 66 valence electrons. The third-order valence-electron chi connectivity index (χ3n) is 1.22. The Hall–Kier alpha value is -1.25. The number of rotatable bonds is 1. The number of ether oxygens (including phenoxy) is 1. The van der Waals surface area contributed by atoms with Gasteiger partial charge < -0.3 is 10.5 Å². The van der Waals surface area contributed by atoms with Crippen LogP contribution in [0.15, 0.2) is 18.3 Å². The first-order valence-electron chi connectivity index (χ1n) is 3.88. The van der Waals surface area contributed by atoms with Crippen LogP contribution >= 0.6 is 0 Å². The molecule has 0 aliphatic rings. The van der Waals surface area contributed by atoms with Gasteiger partial charge in [-0.1, -0.05) is 0 Å². The van der Waals surface area contributed by atoms with Crippen molar-refractivity contribution in [2.75, 3.05) is 5.73 Å². The van der Waals surface area contributed by atoms with Gasteiger partial charge in [-0.2, -0.15) is 0 Å². The minimum atomic E-state index is -0.225. The number of nitrogen functional groups attached to an aromatic ring is 1. The Morgan fingerprint density at radius 3 is 2.58 bits per heavy atom. The van der Waals surface area contributed by atoms with Crippen molar-refractivity contribution in [3.05, 3.63) is 18.3 Å². The van der Waals surface area contributed by atoms with Crippen LogP contribution in [0.4, 0.5) is 5.82 Å². The third kappa shape index (κ3) is 2.42. The van der Waals surface area contributed by atoms with Crippen LogP contribution in [0.25, 0.3) is 0 Å². The fraction of sp³-hybridized carbons (Fsp3) is 0.444. The molecule has 0 fully saturated rings. The first-order chi connectivity index (χ1) is 5.49. The number of pyridine rings is 1. The summed E-state index contributed by atoms with van der Waals surface area (Å²) in [6, 6.07) is 3.62. The highest BCUT2D eigenvalue weighted by molar-refractivity contribution is 5.44. The summed E-state index contributed by atoms with van der Waals surface area (Å²) in [5.74, 6) is 1.08. The third-order valence-corrected chi connectivity index (χ3v) is 1.22.